The van der Waals surface area contributed by atoms with Gasteiger partial charge in [-0.05, 0) is 48.2 Å². The Bertz CT molecular complexity index is 1240. The average molecular weight is 463 g/mol. The molecule has 0 saturated heterocycles. The Morgan fingerprint density at radius 1 is 1.09 bits per heavy atom. The number of halogens is 1. The number of hydrogen-bond acceptors (Lipinski definition) is 6. The summed E-state index contributed by atoms with van der Waals surface area (Å²) in [5.74, 6) is 0.757. The molecule has 1 amide bonds. The van der Waals surface area contributed by atoms with Gasteiger partial charge in [-0.3, -0.25) is 4.79 Å². The molecule has 4 aromatic rings. The van der Waals surface area contributed by atoms with Crippen molar-refractivity contribution in [1.29, 1.82) is 0 Å². The van der Waals surface area contributed by atoms with Crippen molar-refractivity contribution < 1.29 is 9.53 Å². The largest absolute Gasteiger partial charge is 0.495 e. The van der Waals surface area contributed by atoms with Gasteiger partial charge >= 0.3 is 0 Å². The van der Waals surface area contributed by atoms with E-state index in [1.807, 2.05) is 36.5 Å². The molecule has 0 radical (unpaired) electrons. The summed E-state index contributed by atoms with van der Waals surface area (Å²) in [5.41, 5.74) is 4.03. The maximum absolute atomic E-state index is 12.0. The minimum Gasteiger partial charge on any atom is -0.495 e. The SMILES string of the molecule is CNC(=O)c1cc(CCc2cnc(Nc3cnn(-c4ccccc4)c3)nc2)c(Cl)c(OC)c1. The van der Waals surface area contributed by atoms with Crippen molar-refractivity contribution in [3.63, 3.8) is 0 Å². The van der Waals surface area contributed by atoms with Crippen LogP contribution in [0.3, 0.4) is 0 Å². The number of ether oxygens (including phenoxy) is 1. The highest BCUT2D eigenvalue weighted by molar-refractivity contribution is 6.33. The molecule has 0 atom stereocenters. The lowest BCUT2D eigenvalue weighted by molar-refractivity contribution is 0.0962. The summed E-state index contributed by atoms with van der Waals surface area (Å²) in [6, 6.07) is 13.3. The first-order valence-corrected chi connectivity index (χ1v) is 10.7. The van der Waals surface area contributed by atoms with E-state index in [-0.39, 0.29) is 5.91 Å². The van der Waals surface area contributed by atoms with Crippen LogP contribution in [0.25, 0.3) is 5.69 Å². The Labute approximate surface area is 196 Å². The van der Waals surface area contributed by atoms with E-state index in [0.717, 1.165) is 22.5 Å². The molecule has 168 valence electrons. The maximum atomic E-state index is 12.0. The Kier molecular flexibility index (Phi) is 6.85. The van der Waals surface area contributed by atoms with Gasteiger partial charge < -0.3 is 15.4 Å². The van der Waals surface area contributed by atoms with Gasteiger partial charge in [-0.25, -0.2) is 14.6 Å². The lowest BCUT2D eigenvalue weighted by atomic mass is 10.0. The van der Waals surface area contributed by atoms with Crippen molar-refractivity contribution in [2.75, 3.05) is 19.5 Å². The van der Waals surface area contributed by atoms with Crippen LogP contribution in [0.5, 0.6) is 5.75 Å². The van der Waals surface area contributed by atoms with E-state index in [1.54, 1.807) is 42.5 Å². The summed E-state index contributed by atoms with van der Waals surface area (Å²) in [5, 5.41) is 10.6. The summed E-state index contributed by atoms with van der Waals surface area (Å²) >= 11 is 6.45. The quantitative estimate of drug-likeness (QED) is 0.407. The third kappa shape index (κ3) is 5.30. The molecule has 9 heteroatoms. The van der Waals surface area contributed by atoms with Crippen LogP contribution in [0, 0.1) is 0 Å². The molecule has 0 bridgehead atoms. The van der Waals surface area contributed by atoms with Crippen LogP contribution in [0.15, 0.2) is 67.3 Å². The number of aryl methyl sites for hydroxylation is 2. The van der Waals surface area contributed by atoms with Crippen LogP contribution in [0.2, 0.25) is 5.02 Å². The van der Waals surface area contributed by atoms with E-state index in [9.17, 15) is 4.79 Å². The summed E-state index contributed by atoms with van der Waals surface area (Å²) in [4.78, 5) is 20.9. The number of benzene rings is 2. The number of nitrogens with zero attached hydrogens (tertiary/aromatic N) is 4. The first kappa shape index (κ1) is 22.3. The number of nitrogens with one attached hydrogen (secondary N) is 2. The number of para-hydroxylation sites is 1. The Morgan fingerprint density at radius 2 is 1.85 bits per heavy atom. The third-order valence-electron chi connectivity index (χ3n) is 5.07. The predicted molar refractivity (Wildman–Crippen MR) is 128 cm³/mol. The smallest absolute Gasteiger partial charge is 0.251 e. The Morgan fingerprint density at radius 3 is 2.55 bits per heavy atom. The zero-order valence-corrected chi connectivity index (χ0v) is 19.0. The number of rotatable bonds is 8. The summed E-state index contributed by atoms with van der Waals surface area (Å²) < 4.78 is 7.10. The van der Waals surface area contributed by atoms with Gasteiger partial charge in [0.15, 0.2) is 0 Å². The van der Waals surface area contributed by atoms with E-state index in [1.165, 1.54) is 7.11 Å². The fourth-order valence-corrected chi connectivity index (χ4v) is 3.61. The van der Waals surface area contributed by atoms with Crippen molar-refractivity contribution >= 4 is 29.1 Å². The fraction of sp³-hybridized carbons (Fsp3) is 0.167. The first-order chi connectivity index (χ1) is 16.1. The van der Waals surface area contributed by atoms with Crippen molar-refractivity contribution in [3.05, 3.63) is 89.0 Å². The number of methoxy groups -OCH3 is 1. The second-order valence-electron chi connectivity index (χ2n) is 7.28. The third-order valence-corrected chi connectivity index (χ3v) is 5.50. The molecule has 33 heavy (non-hydrogen) atoms. The number of amides is 1. The minimum atomic E-state index is -0.194. The highest BCUT2D eigenvalue weighted by atomic mass is 35.5. The van der Waals surface area contributed by atoms with Crippen LogP contribution in [0.1, 0.15) is 21.5 Å². The summed E-state index contributed by atoms with van der Waals surface area (Å²) in [6.45, 7) is 0. The van der Waals surface area contributed by atoms with Crippen LogP contribution in [0.4, 0.5) is 11.6 Å². The number of hydrogen-bond donors (Lipinski definition) is 2. The number of carbonyl (C=O) groups is 1. The number of aromatic nitrogens is 4. The summed E-state index contributed by atoms with van der Waals surface area (Å²) in [7, 11) is 3.12. The normalized spacial score (nSPS) is 10.6. The Hall–Kier alpha value is -3.91. The fourth-order valence-electron chi connectivity index (χ4n) is 3.33. The van der Waals surface area contributed by atoms with Gasteiger partial charge in [0.25, 0.3) is 5.91 Å². The van der Waals surface area contributed by atoms with E-state index >= 15 is 0 Å². The molecule has 2 heterocycles. The molecule has 4 rings (SSSR count). The molecule has 0 aliphatic heterocycles. The van der Waals surface area contributed by atoms with Crippen LogP contribution < -0.4 is 15.4 Å². The second-order valence-corrected chi connectivity index (χ2v) is 7.66. The molecule has 0 unspecified atom stereocenters. The maximum Gasteiger partial charge on any atom is 0.251 e. The second kappa shape index (κ2) is 10.1. The van der Waals surface area contributed by atoms with Gasteiger partial charge in [0.1, 0.15) is 5.75 Å². The van der Waals surface area contributed by atoms with Crippen LogP contribution in [-0.2, 0) is 12.8 Å². The number of carbonyl (C=O) groups excluding carboxylic acids is 1. The molecule has 0 aliphatic carbocycles. The molecule has 8 nitrogen and oxygen atoms in total. The molecule has 0 saturated carbocycles. The average Bonchev–Trinajstić information content (AvgIpc) is 3.33. The van der Waals surface area contributed by atoms with E-state index in [0.29, 0.717) is 35.1 Å². The van der Waals surface area contributed by atoms with Gasteiger partial charge in [0.2, 0.25) is 5.95 Å². The first-order valence-electron chi connectivity index (χ1n) is 10.3. The molecule has 2 N–H and O–H groups in total. The van der Waals surface area contributed by atoms with Crippen molar-refractivity contribution in [2.24, 2.45) is 0 Å². The number of anilines is 2. The van der Waals surface area contributed by atoms with Gasteiger partial charge in [-0.1, -0.05) is 29.8 Å². The molecular weight excluding hydrogens is 440 g/mol. The molecule has 0 fully saturated rings. The minimum absolute atomic E-state index is 0.194. The van der Waals surface area contributed by atoms with Crippen LogP contribution in [-0.4, -0.2) is 39.8 Å². The topological polar surface area (TPSA) is 94.0 Å². The zero-order valence-electron chi connectivity index (χ0n) is 18.2. The standard InChI is InChI=1S/C24H23ClN6O2/c1-26-23(32)18-10-17(22(25)21(11-18)33-2)9-8-16-12-27-24(28-13-16)30-19-14-29-31(15-19)20-6-4-3-5-7-20/h3-7,10-15H,8-9H2,1-2H3,(H,26,32)(H,27,28,30). The van der Waals surface area contributed by atoms with Gasteiger partial charge in [-0.2, -0.15) is 5.10 Å². The lowest BCUT2D eigenvalue weighted by Gasteiger charge is -2.12. The van der Waals surface area contributed by atoms with Crippen molar-refractivity contribution in [2.45, 2.75) is 12.8 Å². The van der Waals surface area contributed by atoms with Crippen LogP contribution >= 0.6 is 11.6 Å². The highest BCUT2D eigenvalue weighted by Crippen LogP contribution is 2.31. The molecule has 0 aliphatic rings. The molecular formula is C24H23ClN6O2. The van der Waals surface area contributed by atoms with Gasteiger partial charge in [0, 0.05) is 25.0 Å². The molecule has 2 aromatic heterocycles. The molecule has 0 spiro atoms. The van der Waals surface area contributed by atoms with Gasteiger partial charge in [-0.15, -0.1) is 0 Å². The van der Waals surface area contributed by atoms with Crippen molar-refractivity contribution in [3.8, 4) is 11.4 Å². The van der Waals surface area contributed by atoms with E-state index in [2.05, 4.69) is 25.7 Å². The molecule has 2 aromatic carbocycles. The zero-order chi connectivity index (χ0) is 23.2. The lowest BCUT2D eigenvalue weighted by Crippen LogP contribution is -2.18. The predicted octanol–water partition coefficient (Wildman–Crippen LogP) is 4.21. The highest BCUT2D eigenvalue weighted by Gasteiger charge is 2.14. The van der Waals surface area contributed by atoms with Crippen molar-refractivity contribution in [1.82, 2.24) is 25.1 Å². The summed E-state index contributed by atoms with van der Waals surface area (Å²) in [6.07, 6.45) is 8.40. The monoisotopic (exact) mass is 462 g/mol. The Balaban J connectivity index is 1.41. The van der Waals surface area contributed by atoms with E-state index < -0.39 is 0 Å². The van der Waals surface area contributed by atoms with E-state index in [4.69, 9.17) is 16.3 Å². The van der Waals surface area contributed by atoms with Gasteiger partial charge in [0.05, 0.1) is 35.9 Å².